The minimum atomic E-state index is 0.944. The summed E-state index contributed by atoms with van der Waals surface area (Å²) < 4.78 is 0. The average molecular weight is 150 g/mol. The molecule has 0 bridgehead atoms. The van der Waals surface area contributed by atoms with E-state index in [1.54, 1.807) is 0 Å². The van der Waals surface area contributed by atoms with Crippen LogP contribution >= 0.6 is 0 Å². The normalized spacial score (nSPS) is 43.5. The van der Waals surface area contributed by atoms with E-state index in [1.807, 2.05) is 0 Å². The van der Waals surface area contributed by atoms with Gasteiger partial charge in [0.15, 0.2) is 0 Å². The molecule has 0 saturated heterocycles. The van der Waals surface area contributed by atoms with Crippen LogP contribution in [0.4, 0.5) is 0 Å². The Labute approximate surface area is 69.7 Å². The third-order valence-electron chi connectivity index (χ3n) is 3.34. The van der Waals surface area contributed by atoms with Gasteiger partial charge in [-0.3, -0.25) is 0 Å². The highest BCUT2D eigenvalue weighted by Crippen LogP contribution is 2.39. The van der Waals surface area contributed by atoms with Crippen molar-refractivity contribution in [3.05, 3.63) is 12.2 Å². The van der Waals surface area contributed by atoms with Crippen LogP contribution in [-0.2, 0) is 0 Å². The zero-order valence-corrected chi connectivity index (χ0v) is 7.42. The van der Waals surface area contributed by atoms with E-state index in [2.05, 4.69) is 19.1 Å². The van der Waals surface area contributed by atoms with Crippen molar-refractivity contribution in [1.82, 2.24) is 0 Å². The van der Waals surface area contributed by atoms with Crippen molar-refractivity contribution in [3.8, 4) is 0 Å². The van der Waals surface area contributed by atoms with Crippen LogP contribution in [0.1, 0.15) is 39.0 Å². The van der Waals surface area contributed by atoms with Crippen LogP contribution in [0.3, 0.4) is 0 Å². The summed E-state index contributed by atoms with van der Waals surface area (Å²) in [4.78, 5) is 0. The van der Waals surface area contributed by atoms with E-state index in [-0.39, 0.29) is 0 Å². The van der Waals surface area contributed by atoms with Gasteiger partial charge in [0.1, 0.15) is 0 Å². The predicted octanol–water partition coefficient (Wildman–Crippen LogP) is 3.39. The molecule has 3 unspecified atom stereocenters. The van der Waals surface area contributed by atoms with Gasteiger partial charge in [0.25, 0.3) is 0 Å². The summed E-state index contributed by atoms with van der Waals surface area (Å²) in [5, 5.41) is 0. The Bertz CT molecular complexity index is 157. The minimum absolute atomic E-state index is 0.944. The van der Waals surface area contributed by atoms with Crippen LogP contribution in [0.15, 0.2) is 12.2 Å². The van der Waals surface area contributed by atoms with E-state index in [0.717, 1.165) is 17.8 Å². The van der Waals surface area contributed by atoms with E-state index >= 15 is 0 Å². The highest BCUT2D eigenvalue weighted by molar-refractivity contribution is 4.98. The minimum Gasteiger partial charge on any atom is -0.0880 e. The lowest BCUT2D eigenvalue weighted by atomic mass is 9.89. The molecule has 0 aromatic rings. The van der Waals surface area contributed by atoms with E-state index in [0.29, 0.717) is 0 Å². The Kier molecular flexibility index (Phi) is 2.02. The van der Waals surface area contributed by atoms with Gasteiger partial charge in [-0.1, -0.05) is 25.5 Å². The highest BCUT2D eigenvalue weighted by atomic mass is 14.3. The monoisotopic (exact) mass is 150 g/mol. The largest absolute Gasteiger partial charge is 0.0880 e. The van der Waals surface area contributed by atoms with Crippen molar-refractivity contribution in [2.24, 2.45) is 17.8 Å². The quantitative estimate of drug-likeness (QED) is 0.464. The second kappa shape index (κ2) is 3.00. The van der Waals surface area contributed by atoms with Crippen LogP contribution in [0.2, 0.25) is 0 Å². The Morgan fingerprint density at radius 3 is 3.09 bits per heavy atom. The molecule has 3 atom stereocenters. The summed E-state index contributed by atoms with van der Waals surface area (Å²) >= 11 is 0. The van der Waals surface area contributed by atoms with Gasteiger partial charge >= 0.3 is 0 Å². The summed E-state index contributed by atoms with van der Waals surface area (Å²) in [7, 11) is 0. The van der Waals surface area contributed by atoms with Gasteiger partial charge in [0.05, 0.1) is 0 Å². The van der Waals surface area contributed by atoms with Gasteiger partial charge < -0.3 is 0 Å². The zero-order valence-electron chi connectivity index (χ0n) is 7.42. The molecule has 11 heavy (non-hydrogen) atoms. The fourth-order valence-corrected chi connectivity index (χ4v) is 2.71. The van der Waals surface area contributed by atoms with Crippen molar-refractivity contribution in [1.29, 1.82) is 0 Å². The van der Waals surface area contributed by atoms with E-state index < -0.39 is 0 Å². The lowest BCUT2D eigenvalue weighted by molar-refractivity contribution is 0.367. The molecule has 2 aliphatic rings. The third kappa shape index (κ3) is 1.50. The maximum absolute atomic E-state index is 2.49. The maximum Gasteiger partial charge on any atom is -0.0205 e. The van der Waals surface area contributed by atoms with Crippen molar-refractivity contribution in [2.45, 2.75) is 39.0 Å². The fraction of sp³-hybridized carbons (Fsp3) is 0.818. The number of hydrogen-bond acceptors (Lipinski definition) is 0. The van der Waals surface area contributed by atoms with Gasteiger partial charge in [-0.25, -0.2) is 0 Å². The highest BCUT2D eigenvalue weighted by Gasteiger charge is 2.27. The Morgan fingerprint density at radius 2 is 2.18 bits per heavy atom. The van der Waals surface area contributed by atoms with Crippen LogP contribution in [0.5, 0.6) is 0 Å². The first-order chi connectivity index (χ1) is 5.36. The summed E-state index contributed by atoms with van der Waals surface area (Å²) in [6.07, 6.45) is 12.2. The lowest BCUT2D eigenvalue weighted by Crippen LogP contribution is -2.06. The average Bonchev–Trinajstić information content (AvgIpc) is 2.31. The molecule has 0 heteroatoms. The van der Waals surface area contributed by atoms with E-state index in [9.17, 15) is 0 Å². The molecule has 2 aliphatic carbocycles. The van der Waals surface area contributed by atoms with Crippen LogP contribution < -0.4 is 0 Å². The van der Waals surface area contributed by atoms with Crippen LogP contribution in [0, 0.1) is 17.8 Å². The van der Waals surface area contributed by atoms with E-state index in [1.165, 1.54) is 32.1 Å². The zero-order chi connectivity index (χ0) is 7.68. The van der Waals surface area contributed by atoms with Crippen molar-refractivity contribution >= 4 is 0 Å². The Balaban J connectivity index is 2.06. The second-order valence-corrected chi connectivity index (χ2v) is 4.36. The van der Waals surface area contributed by atoms with Gasteiger partial charge in [-0.05, 0) is 43.4 Å². The Hall–Kier alpha value is -0.260. The van der Waals surface area contributed by atoms with E-state index in [4.69, 9.17) is 0 Å². The van der Waals surface area contributed by atoms with Gasteiger partial charge in [-0.2, -0.15) is 0 Å². The smallest absolute Gasteiger partial charge is 0.0205 e. The molecule has 0 aliphatic heterocycles. The SMILES string of the molecule is CC1CC=CC2CCCC2C1. The van der Waals surface area contributed by atoms with Gasteiger partial charge in [-0.15, -0.1) is 0 Å². The number of fused-ring (bicyclic) bond motifs is 1. The molecule has 1 saturated carbocycles. The summed E-state index contributed by atoms with van der Waals surface area (Å²) in [5.41, 5.74) is 0. The lowest BCUT2D eigenvalue weighted by Gasteiger charge is -2.16. The molecule has 0 spiro atoms. The number of hydrogen-bond donors (Lipinski definition) is 0. The summed E-state index contributed by atoms with van der Waals surface area (Å²) in [6, 6.07) is 0. The number of rotatable bonds is 0. The van der Waals surface area contributed by atoms with Crippen molar-refractivity contribution in [2.75, 3.05) is 0 Å². The van der Waals surface area contributed by atoms with Gasteiger partial charge in [0.2, 0.25) is 0 Å². The van der Waals surface area contributed by atoms with Crippen molar-refractivity contribution < 1.29 is 0 Å². The molecular formula is C11H18. The van der Waals surface area contributed by atoms with Crippen LogP contribution in [0.25, 0.3) is 0 Å². The van der Waals surface area contributed by atoms with Gasteiger partial charge in [0, 0.05) is 0 Å². The Morgan fingerprint density at radius 1 is 1.27 bits per heavy atom. The topological polar surface area (TPSA) is 0 Å². The molecule has 1 fully saturated rings. The molecule has 0 aromatic heterocycles. The fourth-order valence-electron chi connectivity index (χ4n) is 2.71. The molecule has 2 rings (SSSR count). The molecule has 0 aromatic carbocycles. The molecule has 0 nitrogen and oxygen atoms in total. The summed E-state index contributed by atoms with van der Waals surface area (Å²) in [5.74, 6) is 2.95. The van der Waals surface area contributed by atoms with Crippen LogP contribution in [-0.4, -0.2) is 0 Å². The molecule has 0 amide bonds. The first-order valence-corrected chi connectivity index (χ1v) is 5.03. The number of allylic oxidation sites excluding steroid dienone is 2. The third-order valence-corrected chi connectivity index (χ3v) is 3.34. The molecule has 0 N–H and O–H groups in total. The predicted molar refractivity (Wildman–Crippen MR) is 48.4 cm³/mol. The molecule has 0 heterocycles. The molecular weight excluding hydrogens is 132 g/mol. The maximum atomic E-state index is 2.49. The molecule has 62 valence electrons. The van der Waals surface area contributed by atoms with Crippen molar-refractivity contribution in [3.63, 3.8) is 0 Å². The molecule has 0 radical (unpaired) electrons. The standard InChI is InChI=1S/C11H18/c1-9-4-2-5-10-6-3-7-11(10)8-9/h2,5,9-11H,3-4,6-8H2,1H3. The summed E-state index contributed by atoms with van der Waals surface area (Å²) in [6.45, 7) is 2.39. The first kappa shape index (κ1) is 7.39. The first-order valence-electron chi connectivity index (χ1n) is 5.03. The second-order valence-electron chi connectivity index (χ2n) is 4.36.